The van der Waals surface area contributed by atoms with Crippen molar-refractivity contribution >= 4 is 5.97 Å². The molecule has 0 aliphatic heterocycles. The van der Waals surface area contributed by atoms with Crippen LogP contribution in [0.2, 0.25) is 0 Å². The number of carbonyl (C=O) groups is 1. The van der Waals surface area contributed by atoms with Gasteiger partial charge in [0.2, 0.25) is 0 Å². The Balaban J connectivity index is 2.75. The second-order valence-electron chi connectivity index (χ2n) is 5.17. The Kier molecular flexibility index (Phi) is 4.29. The van der Waals surface area contributed by atoms with Crippen LogP contribution in [0.15, 0.2) is 24.3 Å². The number of carboxylic acids is 1. The highest BCUT2D eigenvalue weighted by Crippen LogP contribution is 2.20. The smallest absolute Gasteiger partial charge is 0.305 e. The monoisotopic (exact) mass is 235 g/mol. The second kappa shape index (κ2) is 5.32. The largest absolute Gasteiger partial charge is 0.481 e. The summed E-state index contributed by atoms with van der Waals surface area (Å²) in [6.45, 7) is 6.76. The van der Waals surface area contributed by atoms with Gasteiger partial charge in [0.25, 0.3) is 0 Å². The fourth-order valence-electron chi connectivity index (χ4n) is 1.76. The molecule has 94 valence electrons. The Hall–Kier alpha value is -1.35. The van der Waals surface area contributed by atoms with Crippen LogP contribution in [0.3, 0.4) is 0 Å². The molecule has 0 aliphatic rings. The summed E-state index contributed by atoms with van der Waals surface area (Å²) in [5, 5.41) is 8.89. The van der Waals surface area contributed by atoms with Crippen molar-refractivity contribution in [3.8, 4) is 0 Å². The van der Waals surface area contributed by atoms with Crippen LogP contribution in [0, 0.1) is 6.92 Å². The molecule has 0 saturated heterocycles. The van der Waals surface area contributed by atoms with E-state index >= 15 is 0 Å². The SMILES string of the molecule is Cc1ccccc1CN(C)C(C)(C)CC(=O)O. The molecule has 1 aromatic rings. The van der Waals surface area contributed by atoms with Crippen molar-refractivity contribution in [1.29, 1.82) is 0 Å². The van der Waals surface area contributed by atoms with Crippen LogP contribution in [-0.4, -0.2) is 28.6 Å². The number of benzene rings is 1. The van der Waals surface area contributed by atoms with Crippen LogP contribution >= 0.6 is 0 Å². The molecule has 0 unspecified atom stereocenters. The van der Waals surface area contributed by atoms with Gasteiger partial charge in [-0.15, -0.1) is 0 Å². The van der Waals surface area contributed by atoms with E-state index in [1.165, 1.54) is 11.1 Å². The topological polar surface area (TPSA) is 40.5 Å². The number of nitrogens with zero attached hydrogens (tertiary/aromatic N) is 1. The van der Waals surface area contributed by atoms with Gasteiger partial charge in [-0.25, -0.2) is 0 Å². The third-order valence-electron chi connectivity index (χ3n) is 3.29. The zero-order valence-electron chi connectivity index (χ0n) is 11.0. The summed E-state index contributed by atoms with van der Waals surface area (Å²) < 4.78 is 0. The van der Waals surface area contributed by atoms with Crippen molar-refractivity contribution in [3.05, 3.63) is 35.4 Å². The molecule has 1 rings (SSSR count). The van der Waals surface area contributed by atoms with Gasteiger partial charge in [0.1, 0.15) is 0 Å². The molecule has 0 fully saturated rings. The lowest BCUT2D eigenvalue weighted by Gasteiger charge is -2.34. The van der Waals surface area contributed by atoms with Crippen LogP contribution in [0.1, 0.15) is 31.4 Å². The Morgan fingerprint density at radius 1 is 1.35 bits per heavy atom. The molecule has 0 aromatic heterocycles. The number of aliphatic carboxylic acids is 1. The lowest BCUT2D eigenvalue weighted by Crippen LogP contribution is -2.42. The van der Waals surface area contributed by atoms with Crippen LogP contribution in [-0.2, 0) is 11.3 Å². The zero-order valence-corrected chi connectivity index (χ0v) is 11.0. The highest BCUT2D eigenvalue weighted by Gasteiger charge is 2.26. The van der Waals surface area contributed by atoms with Gasteiger partial charge in [-0.3, -0.25) is 9.69 Å². The summed E-state index contributed by atoms with van der Waals surface area (Å²) in [6.07, 6.45) is 0.148. The molecule has 0 radical (unpaired) electrons. The molecule has 3 heteroatoms. The molecule has 0 amide bonds. The molecule has 0 aliphatic carbocycles. The number of hydrogen-bond acceptors (Lipinski definition) is 2. The highest BCUT2D eigenvalue weighted by molar-refractivity contribution is 5.68. The first kappa shape index (κ1) is 13.7. The van der Waals surface area contributed by atoms with Gasteiger partial charge >= 0.3 is 5.97 Å². The van der Waals surface area contributed by atoms with E-state index in [9.17, 15) is 4.79 Å². The van der Waals surface area contributed by atoms with Gasteiger partial charge in [-0.2, -0.15) is 0 Å². The van der Waals surface area contributed by atoms with E-state index < -0.39 is 5.97 Å². The fourth-order valence-corrected chi connectivity index (χ4v) is 1.76. The second-order valence-corrected chi connectivity index (χ2v) is 5.17. The van der Waals surface area contributed by atoms with Crippen molar-refractivity contribution in [2.75, 3.05) is 7.05 Å². The molecule has 0 saturated carbocycles. The third kappa shape index (κ3) is 3.86. The third-order valence-corrected chi connectivity index (χ3v) is 3.29. The van der Waals surface area contributed by atoms with Crippen molar-refractivity contribution in [2.24, 2.45) is 0 Å². The Morgan fingerprint density at radius 3 is 2.47 bits per heavy atom. The fraction of sp³-hybridized carbons (Fsp3) is 0.500. The summed E-state index contributed by atoms with van der Waals surface area (Å²) in [6, 6.07) is 8.19. The van der Waals surface area contributed by atoms with Crippen molar-refractivity contribution in [3.63, 3.8) is 0 Å². The molecular formula is C14H21NO2. The summed E-state index contributed by atoms with van der Waals surface area (Å²) in [5.41, 5.74) is 2.15. The molecule has 1 N–H and O–H groups in total. The number of carboxylic acid groups (broad SMARTS) is 1. The summed E-state index contributed by atoms with van der Waals surface area (Å²) in [4.78, 5) is 12.9. The van der Waals surface area contributed by atoms with E-state index in [0.29, 0.717) is 0 Å². The van der Waals surface area contributed by atoms with Crippen molar-refractivity contribution < 1.29 is 9.90 Å². The van der Waals surface area contributed by atoms with E-state index in [0.717, 1.165) is 6.54 Å². The first-order chi connectivity index (χ1) is 7.83. The van der Waals surface area contributed by atoms with Crippen LogP contribution < -0.4 is 0 Å². The summed E-state index contributed by atoms with van der Waals surface area (Å²) >= 11 is 0. The van der Waals surface area contributed by atoms with Gasteiger partial charge < -0.3 is 5.11 Å². The average molecular weight is 235 g/mol. The van der Waals surface area contributed by atoms with E-state index in [4.69, 9.17) is 5.11 Å². The molecule has 0 atom stereocenters. The molecule has 1 aromatic carbocycles. The van der Waals surface area contributed by atoms with E-state index in [1.54, 1.807) is 0 Å². The first-order valence-electron chi connectivity index (χ1n) is 5.80. The lowest BCUT2D eigenvalue weighted by molar-refractivity contribution is -0.139. The maximum Gasteiger partial charge on any atom is 0.305 e. The Bertz CT molecular complexity index is 399. The molecule has 17 heavy (non-hydrogen) atoms. The predicted octanol–water partition coefficient (Wildman–Crippen LogP) is 2.68. The van der Waals surface area contributed by atoms with Crippen LogP contribution in [0.25, 0.3) is 0 Å². The van der Waals surface area contributed by atoms with Gasteiger partial charge in [-0.1, -0.05) is 24.3 Å². The van der Waals surface area contributed by atoms with Crippen molar-refractivity contribution in [1.82, 2.24) is 4.90 Å². The van der Waals surface area contributed by atoms with Gasteiger partial charge in [0, 0.05) is 12.1 Å². The minimum atomic E-state index is -0.758. The Labute approximate surface area is 103 Å². The predicted molar refractivity (Wildman–Crippen MR) is 69.0 cm³/mol. The first-order valence-corrected chi connectivity index (χ1v) is 5.80. The maximum atomic E-state index is 10.8. The van der Waals surface area contributed by atoms with Gasteiger partial charge in [0.05, 0.1) is 6.42 Å². The Morgan fingerprint density at radius 2 is 1.94 bits per heavy atom. The quantitative estimate of drug-likeness (QED) is 0.853. The van der Waals surface area contributed by atoms with Gasteiger partial charge in [-0.05, 0) is 38.9 Å². The average Bonchev–Trinajstić information content (AvgIpc) is 2.19. The molecule has 0 heterocycles. The standard InChI is InChI=1S/C14H21NO2/c1-11-7-5-6-8-12(11)10-15(4)14(2,3)9-13(16)17/h5-8H,9-10H2,1-4H3,(H,16,17). The molecule has 0 bridgehead atoms. The van der Waals surface area contributed by atoms with Crippen molar-refractivity contribution in [2.45, 2.75) is 39.3 Å². The molecule has 3 nitrogen and oxygen atoms in total. The lowest BCUT2D eigenvalue weighted by atomic mass is 9.97. The number of rotatable bonds is 5. The van der Waals surface area contributed by atoms with Crippen LogP contribution in [0.4, 0.5) is 0 Å². The normalized spacial score (nSPS) is 11.8. The summed E-state index contributed by atoms with van der Waals surface area (Å²) in [7, 11) is 1.97. The zero-order chi connectivity index (χ0) is 13.1. The molecule has 0 spiro atoms. The maximum absolute atomic E-state index is 10.8. The number of hydrogen-bond donors (Lipinski definition) is 1. The number of aryl methyl sites for hydroxylation is 1. The van der Waals surface area contributed by atoms with E-state index in [2.05, 4.69) is 24.0 Å². The highest BCUT2D eigenvalue weighted by atomic mass is 16.4. The van der Waals surface area contributed by atoms with E-state index in [1.807, 2.05) is 33.0 Å². The molecular weight excluding hydrogens is 214 g/mol. The van der Waals surface area contributed by atoms with Crippen LogP contribution in [0.5, 0.6) is 0 Å². The minimum absolute atomic E-state index is 0.148. The minimum Gasteiger partial charge on any atom is -0.481 e. The summed E-state index contributed by atoms with van der Waals surface area (Å²) in [5.74, 6) is -0.758. The van der Waals surface area contributed by atoms with E-state index in [-0.39, 0.29) is 12.0 Å². The van der Waals surface area contributed by atoms with Gasteiger partial charge in [0.15, 0.2) is 0 Å².